The molecule has 1 atom stereocenters. The van der Waals surface area contributed by atoms with Gasteiger partial charge >= 0.3 is 0 Å². The highest BCUT2D eigenvalue weighted by Gasteiger charge is 2.34. The van der Waals surface area contributed by atoms with Gasteiger partial charge in [0.1, 0.15) is 11.4 Å². The van der Waals surface area contributed by atoms with Crippen LogP contribution in [-0.2, 0) is 16.8 Å². The third kappa shape index (κ3) is 3.68. The standard InChI is InChI=1S/C19H21NO3S/c1-23-15-6-8-17-14(12-15)4-2-10-19(17,22)13-20-18(21)9-7-16-5-3-11-24-16/h3,5-9,11-12,22H,2,4,10,13H2,1H3,(H,20,21). The average molecular weight is 343 g/mol. The quantitative estimate of drug-likeness (QED) is 0.820. The van der Waals surface area contributed by atoms with Gasteiger partial charge in [-0.2, -0.15) is 0 Å². The molecule has 5 heteroatoms. The van der Waals surface area contributed by atoms with Gasteiger partial charge in [0.15, 0.2) is 0 Å². The molecule has 0 fully saturated rings. The maximum absolute atomic E-state index is 12.0. The Kier molecular flexibility index (Phi) is 5.02. The summed E-state index contributed by atoms with van der Waals surface area (Å²) in [6, 6.07) is 9.62. The summed E-state index contributed by atoms with van der Waals surface area (Å²) in [7, 11) is 1.64. The summed E-state index contributed by atoms with van der Waals surface area (Å²) in [6.07, 6.45) is 5.73. The van der Waals surface area contributed by atoms with Crippen LogP contribution in [0.25, 0.3) is 6.08 Å². The molecule has 126 valence electrons. The lowest BCUT2D eigenvalue weighted by molar-refractivity contribution is -0.118. The molecule has 1 aromatic carbocycles. The Morgan fingerprint density at radius 3 is 3.08 bits per heavy atom. The van der Waals surface area contributed by atoms with E-state index in [0.29, 0.717) is 6.42 Å². The Hall–Kier alpha value is -2.11. The van der Waals surface area contributed by atoms with Crippen molar-refractivity contribution in [3.63, 3.8) is 0 Å². The van der Waals surface area contributed by atoms with Gasteiger partial charge < -0.3 is 15.2 Å². The van der Waals surface area contributed by atoms with Crippen LogP contribution >= 0.6 is 11.3 Å². The molecule has 1 amide bonds. The van der Waals surface area contributed by atoms with E-state index in [-0.39, 0.29) is 12.5 Å². The van der Waals surface area contributed by atoms with Crippen molar-refractivity contribution < 1.29 is 14.6 Å². The van der Waals surface area contributed by atoms with Gasteiger partial charge in [-0.25, -0.2) is 0 Å². The van der Waals surface area contributed by atoms with Crippen LogP contribution in [0.5, 0.6) is 5.75 Å². The molecule has 4 nitrogen and oxygen atoms in total. The smallest absolute Gasteiger partial charge is 0.244 e. The van der Waals surface area contributed by atoms with Crippen molar-refractivity contribution in [1.29, 1.82) is 0 Å². The SMILES string of the molecule is COc1ccc2c(c1)CCCC2(O)CNC(=O)C=Cc1cccs1. The van der Waals surface area contributed by atoms with E-state index >= 15 is 0 Å². The number of thiophene rings is 1. The molecule has 2 N–H and O–H groups in total. The Balaban J connectivity index is 1.68. The Bertz CT molecular complexity index is 739. The van der Waals surface area contributed by atoms with Crippen molar-refractivity contribution in [2.75, 3.05) is 13.7 Å². The molecule has 1 unspecified atom stereocenters. The first-order valence-electron chi connectivity index (χ1n) is 8.00. The molecule has 24 heavy (non-hydrogen) atoms. The molecule has 0 spiro atoms. The van der Waals surface area contributed by atoms with Gasteiger partial charge in [0.25, 0.3) is 0 Å². The van der Waals surface area contributed by atoms with Crippen LogP contribution in [0.2, 0.25) is 0 Å². The molecule has 1 aromatic heterocycles. The second-order valence-corrected chi connectivity index (χ2v) is 6.95. The first-order chi connectivity index (χ1) is 11.6. The van der Waals surface area contributed by atoms with Crippen molar-refractivity contribution in [3.8, 4) is 5.75 Å². The van der Waals surface area contributed by atoms with Gasteiger partial charge in [0.05, 0.1) is 13.7 Å². The molecule has 2 aromatic rings. The summed E-state index contributed by atoms with van der Waals surface area (Å²) in [5.74, 6) is 0.596. The molecule has 1 heterocycles. The fourth-order valence-corrected chi connectivity index (χ4v) is 3.70. The van der Waals surface area contributed by atoms with E-state index in [1.165, 1.54) is 6.08 Å². The highest BCUT2D eigenvalue weighted by atomic mass is 32.1. The number of carbonyl (C=O) groups excluding carboxylic acids is 1. The number of aryl methyl sites for hydroxylation is 1. The predicted octanol–water partition coefficient (Wildman–Crippen LogP) is 3.11. The Morgan fingerprint density at radius 2 is 2.33 bits per heavy atom. The molecule has 0 saturated heterocycles. The van der Waals surface area contributed by atoms with Gasteiger partial charge in [0.2, 0.25) is 5.91 Å². The third-order valence-electron chi connectivity index (χ3n) is 4.35. The van der Waals surface area contributed by atoms with Crippen molar-refractivity contribution in [1.82, 2.24) is 5.32 Å². The first-order valence-corrected chi connectivity index (χ1v) is 8.88. The third-order valence-corrected chi connectivity index (χ3v) is 5.19. The summed E-state index contributed by atoms with van der Waals surface area (Å²) >= 11 is 1.58. The van der Waals surface area contributed by atoms with Crippen LogP contribution in [0, 0.1) is 0 Å². The summed E-state index contributed by atoms with van der Waals surface area (Å²) in [6.45, 7) is 0.208. The number of carbonyl (C=O) groups is 1. The number of fused-ring (bicyclic) bond motifs is 1. The molecule has 0 aliphatic heterocycles. The van der Waals surface area contributed by atoms with E-state index < -0.39 is 5.60 Å². The number of aliphatic hydroxyl groups is 1. The molecule has 0 radical (unpaired) electrons. The van der Waals surface area contributed by atoms with Gasteiger partial charge in [-0.15, -0.1) is 11.3 Å². The molecule has 0 saturated carbocycles. The number of methoxy groups -OCH3 is 1. The van der Waals surface area contributed by atoms with Crippen LogP contribution < -0.4 is 10.1 Å². The lowest BCUT2D eigenvalue weighted by Crippen LogP contribution is -2.42. The monoisotopic (exact) mass is 343 g/mol. The Morgan fingerprint density at radius 1 is 1.46 bits per heavy atom. The fourth-order valence-electron chi connectivity index (χ4n) is 3.08. The van der Waals surface area contributed by atoms with Crippen LogP contribution in [0.3, 0.4) is 0 Å². The summed E-state index contributed by atoms with van der Waals surface area (Å²) in [4.78, 5) is 13.0. The average Bonchev–Trinajstić information content (AvgIpc) is 3.11. The second-order valence-electron chi connectivity index (χ2n) is 5.97. The van der Waals surface area contributed by atoms with Crippen LogP contribution in [-0.4, -0.2) is 24.7 Å². The number of hydrogen-bond acceptors (Lipinski definition) is 4. The topological polar surface area (TPSA) is 58.6 Å². The maximum atomic E-state index is 12.0. The zero-order chi connectivity index (χ0) is 17.0. The highest BCUT2D eigenvalue weighted by molar-refractivity contribution is 7.10. The molecule has 1 aliphatic carbocycles. The molecular formula is C19H21NO3S. The number of amides is 1. The highest BCUT2D eigenvalue weighted by Crippen LogP contribution is 2.36. The van der Waals surface area contributed by atoms with E-state index in [0.717, 1.165) is 34.6 Å². The van der Waals surface area contributed by atoms with Gasteiger partial charge in [-0.1, -0.05) is 12.1 Å². The normalized spacial score (nSPS) is 19.9. The zero-order valence-electron chi connectivity index (χ0n) is 13.6. The molecule has 3 rings (SSSR count). The van der Waals surface area contributed by atoms with E-state index in [1.807, 2.05) is 35.7 Å². The van der Waals surface area contributed by atoms with Crippen molar-refractivity contribution in [2.45, 2.75) is 24.9 Å². The summed E-state index contributed by atoms with van der Waals surface area (Å²) in [5.41, 5.74) is 0.954. The largest absolute Gasteiger partial charge is 0.497 e. The van der Waals surface area contributed by atoms with E-state index in [2.05, 4.69) is 5.32 Å². The van der Waals surface area contributed by atoms with Gasteiger partial charge in [0, 0.05) is 11.0 Å². The number of rotatable bonds is 5. The molecule has 0 bridgehead atoms. The molecule has 1 aliphatic rings. The van der Waals surface area contributed by atoms with Crippen molar-refractivity contribution in [3.05, 3.63) is 57.8 Å². The predicted molar refractivity (Wildman–Crippen MR) is 96.2 cm³/mol. The number of hydrogen-bond donors (Lipinski definition) is 2. The lowest BCUT2D eigenvalue weighted by atomic mass is 9.79. The second kappa shape index (κ2) is 7.20. The summed E-state index contributed by atoms with van der Waals surface area (Å²) < 4.78 is 5.25. The first kappa shape index (κ1) is 16.7. The van der Waals surface area contributed by atoms with E-state index in [4.69, 9.17) is 4.74 Å². The van der Waals surface area contributed by atoms with Gasteiger partial charge in [-0.05, 0) is 60.0 Å². The van der Waals surface area contributed by atoms with Crippen LogP contribution in [0.1, 0.15) is 28.8 Å². The lowest BCUT2D eigenvalue weighted by Gasteiger charge is -2.34. The summed E-state index contributed by atoms with van der Waals surface area (Å²) in [5, 5.41) is 15.8. The number of ether oxygens (including phenoxy) is 1. The number of nitrogens with one attached hydrogen (secondary N) is 1. The minimum atomic E-state index is -1.02. The van der Waals surface area contributed by atoms with Crippen molar-refractivity contribution in [2.24, 2.45) is 0 Å². The Labute approximate surface area is 145 Å². The van der Waals surface area contributed by atoms with E-state index in [1.54, 1.807) is 24.5 Å². The van der Waals surface area contributed by atoms with E-state index in [9.17, 15) is 9.90 Å². The van der Waals surface area contributed by atoms with Crippen LogP contribution in [0.4, 0.5) is 0 Å². The molecular weight excluding hydrogens is 322 g/mol. The zero-order valence-corrected chi connectivity index (χ0v) is 14.4. The van der Waals surface area contributed by atoms with Crippen molar-refractivity contribution >= 4 is 23.3 Å². The van der Waals surface area contributed by atoms with Gasteiger partial charge in [-0.3, -0.25) is 4.79 Å². The number of benzene rings is 1. The minimum Gasteiger partial charge on any atom is -0.497 e. The minimum absolute atomic E-state index is 0.197. The fraction of sp³-hybridized carbons (Fsp3) is 0.316. The maximum Gasteiger partial charge on any atom is 0.244 e. The van der Waals surface area contributed by atoms with Crippen LogP contribution in [0.15, 0.2) is 41.8 Å².